The highest BCUT2D eigenvalue weighted by atomic mass is 16.5. The first-order valence-corrected chi connectivity index (χ1v) is 23.1. The summed E-state index contributed by atoms with van der Waals surface area (Å²) in [5.74, 6) is 0.329. The summed E-state index contributed by atoms with van der Waals surface area (Å²) in [5, 5.41) is 25.7. The molecule has 0 aliphatic rings. The summed E-state index contributed by atoms with van der Waals surface area (Å²) in [6.07, 6.45) is 5.11. The SMILES string of the molecule is CN(C)Cc1ccccc1OCCCCCOc1ccc2c3ccccc3n(C(C(=O)O)C(C(=O)O)n3c4ccccc4c4ccc(OCCCCCOc5cccc(N(C)C)c5)cc43)c2c1. The van der Waals surface area contributed by atoms with Crippen LogP contribution in [-0.4, -0.2) is 90.8 Å². The Hall–Kier alpha value is -7.18. The highest BCUT2D eigenvalue weighted by molar-refractivity contribution is 6.11. The Bertz CT molecular complexity index is 2970. The van der Waals surface area contributed by atoms with Gasteiger partial charge in [-0.1, -0.05) is 60.7 Å². The van der Waals surface area contributed by atoms with Gasteiger partial charge in [-0.15, -0.1) is 0 Å². The van der Waals surface area contributed by atoms with Gasteiger partial charge in [-0.3, -0.25) is 0 Å². The van der Waals surface area contributed by atoms with Gasteiger partial charge in [0.15, 0.2) is 12.1 Å². The highest BCUT2D eigenvalue weighted by Gasteiger charge is 2.40. The summed E-state index contributed by atoms with van der Waals surface area (Å²) < 4.78 is 28.0. The normalized spacial score (nSPS) is 12.5. The van der Waals surface area contributed by atoms with Gasteiger partial charge in [-0.05, 0) is 107 Å². The molecule has 2 heterocycles. The smallest absolute Gasteiger partial charge is 0.329 e. The van der Waals surface area contributed by atoms with Crippen LogP contribution in [0.3, 0.4) is 0 Å². The lowest BCUT2D eigenvalue weighted by molar-refractivity contribution is -0.151. The molecular weight excluding hydrogens is 845 g/mol. The third kappa shape index (κ3) is 10.6. The number of ether oxygens (including phenoxy) is 4. The maximum atomic E-state index is 13.8. The number of nitrogens with zero attached hydrogens (tertiary/aromatic N) is 4. The molecule has 0 bridgehead atoms. The van der Waals surface area contributed by atoms with Gasteiger partial charge in [0, 0.05) is 71.6 Å². The molecule has 0 aliphatic carbocycles. The van der Waals surface area contributed by atoms with E-state index in [9.17, 15) is 19.8 Å². The molecule has 8 rings (SSSR count). The molecule has 12 heteroatoms. The lowest BCUT2D eigenvalue weighted by atomic mass is 10.1. The van der Waals surface area contributed by atoms with Crippen LogP contribution in [0, 0.1) is 0 Å². The fourth-order valence-electron chi connectivity index (χ4n) is 8.99. The monoisotopic (exact) mass is 904 g/mol. The Morgan fingerprint density at radius 1 is 0.478 bits per heavy atom. The van der Waals surface area contributed by atoms with Gasteiger partial charge in [-0.25, -0.2) is 9.59 Å². The Balaban J connectivity index is 1.01. The number of aliphatic carboxylic acids is 2. The number of carboxylic acid groups (broad SMARTS) is 2. The number of benzene rings is 6. The third-order valence-electron chi connectivity index (χ3n) is 12.2. The van der Waals surface area contributed by atoms with E-state index in [1.807, 2.05) is 160 Å². The van der Waals surface area contributed by atoms with Crippen LogP contribution < -0.4 is 23.8 Å². The van der Waals surface area contributed by atoms with Crippen molar-refractivity contribution in [3.63, 3.8) is 0 Å². The molecule has 0 fully saturated rings. The van der Waals surface area contributed by atoms with Crippen molar-refractivity contribution in [2.24, 2.45) is 0 Å². The first kappa shape index (κ1) is 46.4. The van der Waals surface area contributed by atoms with Gasteiger partial charge in [-0.2, -0.15) is 0 Å². The van der Waals surface area contributed by atoms with Crippen LogP contribution in [0.2, 0.25) is 0 Å². The molecule has 12 nitrogen and oxygen atoms in total. The van der Waals surface area contributed by atoms with Crippen molar-refractivity contribution >= 4 is 61.2 Å². The van der Waals surface area contributed by atoms with Crippen LogP contribution in [-0.2, 0) is 16.1 Å². The molecule has 348 valence electrons. The molecule has 0 aliphatic heterocycles. The van der Waals surface area contributed by atoms with E-state index < -0.39 is 24.0 Å². The Morgan fingerprint density at radius 3 is 1.42 bits per heavy atom. The van der Waals surface area contributed by atoms with Crippen molar-refractivity contribution in [1.29, 1.82) is 0 Å². The van der Waals surface area contributed by atoms with Gasteiger partial charge in [0.1, 0.15) is 23.0 Å². The summed E-state index contributed by atoms with van der Waals surface area (Å²) in [7, 11) is 8.08. The van der Waals surface area contributed by atoms with Crippen LogP contribution in [0.5, 0.6) is 23.0 Å². The largest absolute Gasteiger partial charge is 0.494 e. The van der Waals surface area contributed by atoms with E-state index in [0.717, 1.165) is 89.4 Å². The summed E-state index contributed by atoms with van der Waals surface area (Å²) >= 11 is 0. The van der Waals surface area contributed by atoms with Crippen LogP contribution in [0.4, 0.5) is 5.69 Å². The zero-order chi connectivity index (χ0) is 46.9. The van der Waals surface area contributed by atoms with Crippen molar-refractivity contribution in [3.05, 3.63) is 139 Å². The maximum Gasteiger partial charge on any atom is 0.329 e. The Labute approximate surface area is 391 Å². The lowest BCUT2D eigenvalue weighted by Gasteiger charge is -2.26. The first-order chi connectivity index (χ1) is 32.6. The average molecular weight is 905 g/mol. The van der Waals surface area contributed by atoms with Gasteiger partial charge in [0.05, 0.1) is 48.5 Å². The molecule has 2 N–H and O–H groups in total. The summed E-state index contributed by atoms with van der Waals surface area (Å²) in [6.45, 7) is 2.91. The fourth-order valence-corrected chi connectivity index (χ4v) is 8.99. The minimum atomic E-state index is -1.56. The van der Waals surface area contributed by atoms with Gasteiger partial charge >= 0.3 is 11.9 Å². The van der Waals surface area contributed by atoms with E-state index in [1.54, 1.807) is 9.13 Å². The quantitative estimate of drug-likeness (QED) is 0.0566. The molecule has 8 aromatic rings. The molecule has 0 amide bonds. The van der Waals surface area contributed by atoms with Crippen molar-refractivity contribution in [2.75, 3.05) is 59.5 Å². The second-order valence-corrected chi connectivity index (χ2v) is 17.5. The van der Waals surface area contributed by atoms with E-state index >= 15 is 0 Å². The number of para-hydroxylation sites is 3. The zero-order valence-electron chi connectivity index (χ0n) is 38.8. The highest BCUT2D eigenvalue weighted by Crippen LogP contribution is 2.42. The van der Waals surface area contributed by atoms with Crippen molar-refractivity contribution in [3.8, 4) is 23.0 Å². The number of hydrogen-bond acceptors (Lipinski definition) is 8. The minimum Gasteiger partial charge on any atom is -0.494 e. The van der Waals surface area contributed by atoms with Crippen LogP contribution in [0.1, 0.15) is 56.2 Å². The van der Waals surface area contributed by atoms with E-state index in [0.29, 0.717) is 60.0 Å². The van der Waals surface area contributed by atoms with Gasteiger partial charge in [0.2, 0.25) is 0 Å². The molecule has 2 unspecified atom stereocenters. The molecule has 0 spiro atoms. The number of rotatable bonds is 24. The van der Waals surface area contributed by atoms with Gasteiger partial charge < -0.3 is 48.1 Å². The number of anilines is 1. The van der Waals surface area contributed by atoms with Crippen molar-refractivity contribution in [2.45, 2.75) is 57.2 Å². The molecule has 0 saturated heterocycles. The number of unbranched alkanes of at least 4 members (excludes halogenated alkanes) is 4. The molecule has 2 aromatic heterocycles. The average Bonchev–Trinajstić information content (AvgIpc) is 3.81. The van der Waals surface area contributed by atoms with Crippen LogP contribution in [0.25, 0.3) is 43.6 Å². The van der Waals surface area contributed by atoms with E-state index in [4.69, 9.17) is 18.9 Å². The van der Waals surface area contributed by atoms with Crippen LogP contribution >= 0.6 is 0 Å². The van der Waals surface area contributed by atoms with Crippen molar-refractivity contribution in [1.82, 2.24) is 14.0 Å². The van der Waals surface area contributed by atoms with Gasteiger partial charge in [0.25, 0.3) is 0 Å². The van der Waals surface area contributed by atoms with E-state index in [-0.39, 0.29) is 0 Å². The standard InChI is InChI=1S/C55H60N4O8/c1-56(2)37-38-18-7-12-25-51(38)67-33-16-6-15-32-66-42-27-29-46-44-22-9-11-24-48(44)59(50(46)36-42)53(55(62)63)52(54(60)61)58-47-23-10-8-21-43(47)45-28-26-41(35-49(45)58)65-31-14-5-13-30-64-40-20-17-19-39(34-40)57(3)4/h7-12,17-29,34-36,52-53H,5-6,13-16,30-33,37H2,1-4H3,(H,60,61)(H,62,63). The molecule has 67 heavy (non-hydrogen) atoms. The second-order valence-electron chi connectivity index (χ2n) is 17.5. The number of aromatic nitrogens is 2. The summed E-state index contributed by atoms with van der Waals surface area (Å²) in [6, 6.07) is 39.4. The molecular formula is C55H60N4O8. The number of hydrogen-bond donors (Lipinski definition) is 2. The number of carboxylic acids is 2. The number of fused-ring (bicyclic) bond motifs is 6. The second kappa shape index (κ2) is 21.4. The maximum absolute atomic E-state index is 13.8. The molecule has 6 aromatic carbocycles. The van der Waals surface area contributed by atoms with Crippen molar-refractivity contribution < 1.29 is 38.7 Å². The zero-order valence-corrected chi connectivity index (χ0v) is 38.8. The fraction of sp³-hybridized carbons (Fsp3) is 0.309. The Kier molecular flexibility index (Phi) is 14.8. The molecule has 2 atom stereocenters. The molecule has 0 saturated carbocycles. The lowest BCUT2D eigenvalue weighted by Crippen LogP contribution is -2.34. The minimum absolute atomic E-state index is 0.453. The first-order valence-electron chi connectivity index (χ1n) is 23.1. The van der Waals surface area contributed by atoms with Crippen LogP contribution in [0.15, 0.2) is 133 Å². The predicted molar refractivity (Wildman–Crippen MR) is 267 cm³/mol. The number of carbonyl (C=O) groups is 2. The summed E-state index contributed by atoms with van der Waals surface area (Å²) in [4.78, 5) is 31.8. The predicted octanol–water partition coefficient (Wildman–Crippen LogP) is 11.2. The van der Waals surface area contributed by atoms with E-state index in [2.05, 4.69) is 11.0 Å². The third-order valence-corrected chi connectivity index (χ3v) is 12.2. The topological polar surface area (TPSA) is 128 Å². The van der Waals surface area contributed by atoms with E-state index in [1.165, 1.54) is 0 Å². The Morgan fingerprint density at radius 2 is 0.925 bits per heavy atom. The summed E-state index contributed by atoms with van der Waals surface area (Å²) in [5.41, 5.74) is 4.59. The molecule has 0 radical (unpaired) electrons.